The Bertz CT molecular complexity index is 569. The zero-order valence-electron chi connectivity index (χ0n) is 13.4. The van der Waals surface area contributed by atoms with Crippen molar-refractivity contribution in [3.8, 4) is 0 Å². The number of benzene rings is 2. The molecule has 116 valence electrons. The predicted molar refractivity (Wildman–Crippen MR) is 88.6 cm³/mol. The number of rotatable bonds is 4. The van der Waals surface area contributed by atoms with Gasteiger partial charge in [0.2, 0.25) is 0 Å². The molecule has 3 atom stereocenters. The second kappa shape index (κ2) is 6.64. The van der Waals surface area contributed by atoms with Crippen LogP contribution in [0.25, 0.3) is 0 Å². The van der Waals surface area contributed by atoms with E-state index < -0.39 is 0 Å². The van der Waals surface area contributed by atoms with Crippen molar-refractivity contribution < 1.29 is 9.47 Å². The van der Waals surface area contributed by atoms with Crippen LogP contribution in [0, 0.1) is 0 Å². The van der Waals surface area contributed by atoms with Crippen LogP contribution in [0.2, 0.25) is 0 Å². The van der Waals surface area contributed by atoms with Crippen molar-refractivity contribution in [3.05, 3.63) is 71.8 Å². The summed E-state index contributed by atoms with van der Waals surface area (Å²) in [6.07, 6.45) is 2.92. The van der Waals surface area contributed by atoms with E-state index in [0.29, 0.717) is 0 Å². The fourth-order valence-electron chi connectivity index (χ4n) is 3.46. The third-order valence-electron chi connectivity index (χ3n) is 4.39. The summed E-state index contributed by atoms with van der Waals surface area (Å²) in [4.78, 5) is 0. The predicted octanol–water partition coefficient (Wildman–Crippen LogP) is 4.69. The lowest BCUT2D eigenvalue weighted by Gasteiger charge is -2.43. The van der Waals surface area contributed by atoms with Gasteiger partial charge in [-0.25, -0.2) is 0 Å². The minimum atomic E-state index is -0.256. The largest absolute Gasteiger partial charge is 0.350 e. The molecule has 1 heterocycles. The molecule has 22 heavy (non-hydrogen) atoms. The molecule has 1 fully saturated rings. The number of aryl methyl sites for hydroxylation is 1. The molecule has 2 heteroatoms. The third kappa shape index (κ3) is 3.40. The average Bonchev–Trinajstić information content (AvgIpc) is 2.54. The normalized spacial score (nSPS) is 28.5. The van der Waals surface area contributed by atoms with Gasteiger partial charge < -0.3 is 9.47 Å². The highest BCUT2D eigenvalue weighted by atomic mass is 16.7. The van der Waals surface area contributed by atoms with Gasteiger partial charge in [0.15, 0.2) is 6.29 Å². The monoisotopic (exact) mass is 296 g/mol. The van der Waals surface area contributed by atoms with E-state index in [4.69, 9.17) is 9.47 Å². The summed E-state index contributed by atoms with van der Waals surface area (Å²) in [5, 5.41) is 0. The Morgan fingerprint density at radius 3 is 2.23 bits per heavy atom. The Morgan fingerprint density at radius 2 is 1.59 bits per heavy atom. The molecule has 2 aromatic carbocycles. The molecule has 3 rings (SSSR count). The molecule has 0 aliphatic carbocycles. The summed E-state index contributed by atoms with van der Waals surface area (Å²) >= 11 is 0. The maximum Gasteiger partial charge on any atom is 0.156 e. The van der Waals surface area contributed by atoms with Crippen LogP contribution in [0.3, 0.4) is 0 Å². The molecule has 0 saturated carbocycles. The third-order valence-corrected chi connectivity index (χ3v) is 4.39. The first-order chi connectivity index (χ1) is 10.7. The molecule has 1 aliphatic heterocycles. The molecule has 0 bridgehead atoms. The van der Waals surface area contributed by atoms with E-state index >= 15 is 0 Å². The van der Waals surface area contributed by atoms with Gasteiger partial charge in [0.25, 0.3) is 0 Å². The Hall–Kier alpha value is -1.64. The van der Waals surface area contributed by atoms with Gasteiger partial charge in [0, 0.05) is 6.42 Å². The standard InChI is InChI=1S/C20H24O2/c1-16-15-20(22-17(2)21-16,19-11-7-4-8-12-19)14-13-18-9-5-3-6-10-18/h3-12,16-17H,13-15H2,1-2H3/t16-,17-,20+/m0/s1. The van der Waals surface area contributed by atoms with Crippen molar-refractivity contribution in [3.63, 3.8) is 0 Å². The molecular formula is C20H24O2. The summed E-state index contributed by atoms with van der Waals surface area (Å²) in [6.45, 7) is 4.13. The Balaban J connectivity index is 1.86. The van der Waals surface area contributed by atoms with Gasteiger partial charge in [0.1, 0.15) is 0 Å². The van der Waals surface area contributed by atoms with Crippen LogP contribution >= 0.6 is 0 Å². The lowest BCUT2D eigenvalue weighted by Crippen LogP contribution is -2.44. The highest BCUT2D eigenvalue weighted by molar-refractivity contribution is 5.25. The quantitative estimate of drug-likeness (QED) is 0.815. The van der Waals surface area contributed by atoms with Crippen molar-refractivity contribution in [2.24, 2.45) is 0 Å². The van der Waals surface area contributed by atoms with E-state index in [-0.39, 0.29) is 18.0 Å². The Kier molecular flexibility index (Phi) is 4.60. The van der Waals surface area contributed by atoms with Gasteiger partial charge in [-0.15, -0.1) is 0 Å². The Labute approximate surface area is 133 Å². The van der Waals surface area contributed by atoms with Crippen molar-refractivity contribution >= 4 is 0 Å². The number of ether oxygens (including phenoxy) is 2. The van der Waals surface area contributed by atoms with Gasteiger partial charge >= 0.3 is 0 Å². The van der Waals surface area contributed by atoms with Gasteiger partial charge in [-0.05, 0) is 37.8 Å². The zero-order chi connectivity index (χ0) is 15.4. The first-order valence-electron chi connectivity index (χ1n) is 8.11. The van der Waals surface area contributed by atoms with Crippen molar-refractivity contribution in [1.82, 2.24) is 0 Å². The first-order valence-corrected chi connectivity index (χ1v) is 8.11. The van der Waals surface area contributed by atoms with E-state index in [9.17, 15) is 0 Å². The van der Waals surface area contributed by atoms with E-state index in [1.807, 2.05) is 6.92 Å². The lowest BCUT2D eigenvalue weighted by molar-refractivity contribution is -0.278. The van der Waals surface area contributed by atoms with Crippen LogP contribution in [-0.2, 0) is 21.5 Å². The van der Waals surface area contributed by atoms with E-state index in [1.54, 1.807) is 0 Å². The second-order valence-electron chi connectivity index (χ2n) is 6.18. The molecule has 0 amide bonds. The van der Waals surface area contributed by atoms with Crippen molar-refractivity contribution in [2.75, 3.05) is 0 Å². The fourth-order valence-corrected chi connectivity index (χ4v) is 3.46. The zero-order valence-corrected chi connectivity index (χ0v) is 13.4. The molecule has 0 aromatic heterocycles. The molecule has 2 aromatic rings. The van der Waals surface area contributed by atoms with E-state index in [2.05, 4.69) is 67.6 Å². The van der Waals surface area contributed by atoms with Gasteiger partial charge in [0.05, 0.1) is 11.7 Å². The summed E-state index contributed by atoms with van der Waals surface area (Å²) in [7, 11) is 0. The van der Waals surface area contributed by atoms with E-state index in [1.165, 1.54) is 11.1 Å². The molecule has 0 N–H and O–H groups in total. The highest BCUT2D eigenvalue weighted by Crippen LogP contribution is 2.40. The highest BCUT2D eigenvalue weighted by Gasteiger charge is 2.40. The van der Waals surface area contributed by atoms with E-state index in [0.717, 1.165) is 19.3 Å². The van der Waals surface area contributed by atoms with Crippen LogP contribution in [0.4, 0.5) is 0 Å². The summed E-state index contributed by atoms with van der Waals surface area (Å²) in [6, 6.07) is 21.2. The molecule has 0 spiro atoms. The maximum absolute atomic E-state index is 6.33. The molecule has 0 radical (unpaired) electrons. The Morgan fingerprint density at radius 1 is 0.955 bits per heavy atom. The molecular weight excluding hydrogens is 272 g/mol. The van der Waals surface area contributed by atoms with Crippen molar-refractivity contribution in [1.29, 1.82) is 0 Å². The van der Waals surface area contributed by atoms with Crippen LogP contribution in [0.5, 0.6) is 0 Å². The fraction of sp³-hybridized carbons (Fsp3) is 0.400. The lowest BCUT2D eigenvalue weighted by atomic mass is 9.82. The number of hydrogen-bond donors (Lipinski definition) is 0. The van der Waals surface area contributed by atoms with Gasteiger partial charge in [-0.3, -0.25) is 0 Å². The van der Waals surface area contributed by atoms with Crippen molar-refractivity contribution in [2.45, 2.75) is 51.1 Å². The van der Waals surface area contributed by atoms with Gasteiger partial charge in [-0.1, -0.05) is 60.7 Å². The minimum Gasteiger partial charge on any atom is -0.350 e. The first kappa shape index (κ1) is 15.3. The topological polar surface area (TPSA) is 18.5 Å². The van der Waals surface area contributed by atoms with Crippen LogP contribution in [0.1, 0.15) is 37.8 Å². The second-order valence-corrected chi connectivity index (χ2v) is 6.18. The maximum atomic E-state index is 6.33. The van der Waals surface area contributed by atoms with Crippen LogP contribution < -0.4 is 0 Å². The molecule has 1 aliphatic rings. The minimum absolute atomic E-state index is 0.167. The molecule has 1 saturated heterocycles. The van der Waals surface area contributed by atoms with Crippen LogP contribution in [-0.4, -0.2) is 12.4 Å². The van der Waals surface area contributed by atoms with Crippen LogP contribution in [0.15, 0.2) is 60.7 Å². The summed E-state index contributed by atoms with van der Waals surface area (Å²) in [5.41, 5.74) is 2.36. The average molecular weight is 296 g/mol. The van der Waals surface area contributed by atoms with Gasteiger partial charge in [-0.2, -0.15) is 0 Å². The summed E-state index contributed by atoms with van der Waals surface area (Å²) < 4.78 is 12.1. The molecule has 2 nitrogen and oxygen atoms in total. The number of hydrogen-bond acceptors (Lipinski definition) is 2. The molecule has 0 unspecified atom stereocenters. The smallest absolute Gasteiger partial charge is 0.156 e. The summed E-state index contributed by atoms with van der Waals surface area (Å²) in [5.74, 6) is 0. The SMILES string of the molecule is C[C@H]1O[C@@H](C)C[C@](CCc2ccccc2)(c2ccccc2)O1.